The maximum atomic E-state index is 12.7. The quantitative estimate of drug-likeness (QED) is 0.856. The molecule has 4 nitrogen and oxygen atoms in total. The molecule has 21 heavy (non-hydrogen) atoms. The number of hydrogen-bond acceptors (Lipinski definition) is 4. The summed E-state index contributed by atoms with van der Waals surface area (Å²) < 4.78 is 5.49. The fourth-order valence-corrected chi connectivity index (χ4v) is 3.49. The molecule has 1 aliphatic heterocycles. The van der Waals surface area contributed by atoms with Gasteiger partial charge in [-0.3, -0.25) is 4.79 Å². The van der Waals surface area contributed by atoms with E-state index in [9.17, 15) is 4.79 Å². The molecule has 1 aromatic heterocycles. The van der Waals surface area contributed by atoms with E-state index in [1.807, 2.05) is 49.1 Å². The fourth-order valence-electron chi connectivity index (χ4n) is 2.45. The lowest BCUT2D eigenvalue weighted by molar-refractivity contribution is -0.0122. The summed E-state index contributed by atoms with van der Waals surface area (Å²) in [7, 11) is 0. The second kappa shape index (κ2) is 5.95. The Hall–Kier alpha value is -1.72. The summed E-state index contributed by atoms with van der Waals surface area (Å²) in [5.74, 6) is 0.0716. The van der Waals surface area contributed by atoms with Crippen LogP contribution in [0, 0.1) is 6.92 Å². The minimum atomic E-state index is 0.0716. The van der Waals surface area contributed by atoms with Crippen molar-refractivity contribution in [3.05, 3.63) is 40.9 Å². The maximum absolute atomic E-state index is 12.7. The minimum Gasteiger partial charge on any atom is -0.375 e. The summed E-state index contributed by atoms with van der Waals surface area (Å²) in [4.78, 5) is 19.8. The van der Waals surface area contributed by atoms with Gasteiger partial charge >= 0.3 is 0 Å². The number of morpholine rings is 1. The molecule has 5 heteroatoms. The van der Waals surface area contributed by atoms with E-state index < -0.39 is 0 Å². The van der Waals surface area contributed by atoms with E-state index in [2.05, 4.69) is 4.98 Å². The van der Waals surface area contributed by atoms with Crippen LogP contribution >= 0.6 is 11.3 Å². The molecule has 0 spiro atoms. The molecule has 0 radical (unpaired) electrons. The molecule has 1 fully saturated rings. The lowest BCUT2D eigenvalue weighted by atomic mass is 10.2. The Balaban J connectivity index is 1.86. The first kappa shape index (κ1) is 14.2. The average Bonchev–Trinajstić information content (AvgIpc) is 2.89. The highest BCUT2D eigenvalue weighted by Crippen LogP contribution is 2.29. The molecule has 1 saturated heterocycles. The Bertz CT molecular complexity index is 639. The highest BCUT2D eigenvalue weighted by molar-refractivity contribution is 7.17. The van der Waals surface area contributed by atoms with Crippen molar-refractivity contribution in [3.63, 3.8) is 0 Å². The van der Waals surface area contributed by atoms with Crippen LogP contribution in [0.5, 0.6) is 0 Å². The van der Waals surface area contributed by atoms with Crippen molar-refractivity contribution in [1.29, 1.82) is 0 Å². The van der Waals surface area contributed by atoms with Crippen LogP contribution < -0.4 is 0 Å². The van der Waals surface area contributed by atoms with Crippen molar-refractivity contribution in [2.75, 3.05) is 19.7 Å². The van der Waals surface area contributed by atoms with Crippen LogP contribution in [-0.4, -0.2) is 41.6 Å². The van der Waals surface area contributed by atoms with Gasteiger partial charge in [-0.1, -0.05) is 30.3 Å². The van der Waals surface area contributed by atoms with E-state index in [0.717, 1.165) is 21.1 Å². The summed E-state index contributed by atoms with van der Waals surface area (Å²) in [5.41, 5.74) is 1.86. The topological polar surface area (TPSA) is 42.4 Å². The Morgan fingerprint density at radius 1 is 1.38 bits per heavy atom. The van der Waals surface area contributed by atoms with Gasteiger partial charge in [0.15, 0.2) is 0 Å². The number of aryl methyl sites for hydroxylation is 1. The van der Waals surface area contributed by atoms with Crippen LogP contribution in [-0.2, 0) is 4.74 Å². The van der Waals surface area contributed by atoms with Crippen molar-refractivity contribution >= 4 is 17.2 Å². The standard InChI is InChI=1S/C16H18N2O2S/c1-11-10-18(8-9-20-11)16(19)14-12(2)17-15(21-14)13-6-4-3-5-7-13/h3-7,11H,8-10H2,1-2H3/t11-/m1/s1. The molecule has 1 amide bonds. The smallest absolute Gasteiger partial charge is 0.266 e. The molecule has 0 aliphatic carbocycles. The van der Waals surface area contributed by atoms with Crippen LogP contribution in [0.25, 0.3) is 10.6 Å². The third kappa shape index (κ3) is 2.99. The van der Waals surface area contributed by atoms with E-state index in [1.165, 1.54) is 11.3 Å². The number of hydrogen-bond donors (Lipinski definition) is 0. The second-order valence-electron chi connectivity index (χ2n) is 5.23. The summed E-state index contributed by atoms with van der Waals surface area (Å²) >= 11 is 1.47. The van der Waals surface area contributed by atoms with Crippen molar-refractivity contribution in [2.45, 2.75) is 20.0 Å². The second-order valence-corrected chi connectivity index (χ2v) is 6.23. The monoisotopic (exact) mass is 302 g/mol. The fraction of sp³-hybridized carbons (Fsp3) is 0.375. The van der Waals surface area contributed by atoms with Gasteiger partial charge in [0.05, 0.1) is 18.4 Å². The molecular weight excluding hydrogens is 284 g/mol. The maximum Gasteiger partial charge on any atom is 0.266 e. The number of carbonyl (C=O) groups is 1. The summed E-state index contributed by atoms with van der Waals surface area (Å²) in [6.07, 6.45) is 0.101. The van der Waals surface area contributed by atoms with Gasteiger partial charge in [0.2, 0.25) is 0 Å². The van der Waals surface area contributed by atoms with Gasteiger partial charge in [-0.2, -0.15) is 0 Å². The molecular formula is C16H18N2O2S. The average molecular weight is 302 g/mol. The molecule has 1 aromatic carbocycles. The number of aromatic nitrogens is 1. The normalized spacial score (nSPS) is 18.8. The van der Waals surface area contributed by atoms with E-state index in [-0.39, 0.29) is 12.0 Å². The number of rotatable bonds is 2. The van der Waals surface area contributed by atoms with E-state index >= 15 is 0 Å². The van der Waals surface area contributed by atoms with Crippen LogP contribution in [0.2, 0.25) is 0 Å². The Morgan fingerprint density at radius 2 is 2.14 bits per heavy atom. The van der Waals surface area contributed by atoms with E-state index in [4.69, 9.17) is 4.74 Å². The zero-order chi connectivity index (χ0) is 14.8. The molecule has 0 N–H and O–H groups in total. The van der Waals surface area contributed by atoms with Crippen LogP contribution in [0.15, 0.2) is 30.3 Å². The van der Waals surface area contributed by atoms with Gasteiger partial charge in [-0.05, 0) is 13.8 Å². The van der Waals surface area contributed by atoms with Crippen molar-refractivity contribution in [3.8, 4) is 10.6 Å². The zero-order valence-corrected chi connectivity index (χ0v) is 13.0. The highest BCUT2D eigenvalue weighted by Gasteiger charge is 2.25. The number of benzene rings is 1. The van der Waals surface area contributed by atoms with Gasteiger partial charge in [-0.25, -0.2) is 4.98 Å². The van der Waals surface area contributed by atoms with Crippen molar-refractivity contribution < 1.29 is 9.53 Å². The lowest BCUT2D eigenvalue weighted by Gasteiger charge is -2.30. The first-order chi connectivity index (χ1) is 10.1. The lowest BCUT2D eigenvalue weighted by Crippen LogP contribution is -2.44. The van der Waals surface area contributed by atoms with Crippen LogP contribution in [0.3, 0.4) is 0 Å². The predicted octanol–water partition coefficient (Wildman–Crippen LogP) is 2.98. The Kier molecular flexibility index (Phi) is 4.03. The third-order valence-electron chi connectivity index (χ3n) is 3.54. The summed E-state index contributed by atoms with van der Waals surface area (Å²) in [6, 6.07) is 9.98. The van der Waals surface area contributed by atoms with Gasteiger partial charge in [0.25, 0.3) is 5.91 Å². The largest absolute Gasteiger partial charge is 0.375 e. The molecule has 2 aromatic rings. The first-order valence-electron chi connectivity index (χ1n) is 7.09. The number of amides is 1. The van der Waals surface area contributed by atoms with Crippen molar-refractivity contribution in [1.82, 2.24) is 9.88 Å². The predicted molar refractivity (Wildman–Crippen MR) is 83.6 cm³/mol. The van der Waals surface area contributed by atoms with Gasteiger partial charge in [0.1, 0.15) is 9.88 Å². The van der Waals surface area contributed by atoms with Gasteiger partial charge in [-0.15, -0.1) is 11.3 Å². The first-order valence-corrected chi connectivity index (χ1v) is 7.90. The van der Waals surface area contributed by atoms with Gasteiger partial charge < -0.3 is 9.64 Å². The molecule has 1 aliphatic rings. The van der Waals surface area contributed by atoms with Crippen LogP contribution in [0.4, 0.5) is 0 Å². The molecule has 3 rings (SSSR count). The molecule has 0 bridgehead atoms. The molecule has 0 unspecified atom stereocenters. The Labute approximate surface area is 128 Å². The molecule has 0 saturated carbocycles. The Morgan fingerprint density at radius 3 is 2.86 bits per heavy atom. The van der Waals surface area contributed by atoms with Crippen molar-refractivity contribution in [2.24, 2.45) is 0 Å². The molecule has 1 atom stereocenters. The van der Waals surface area contributed by atoms with E-state index in [0.29, 0.717) is 19.7 Å². The molecule has 2 heterocycles. The number of thiazole rings is 1. The van der Waals surface area contributed by atoms with Gasteiger partial charge in [0, 0.05) is 18.7 Å². The number of ether oxygens (including phenoxy) is 1. The minimum absolute atomic E-state index is 0.0716. The van der Waals surface area contributed by atoms with Crippen LogP contribution in [0.1, 0.15) is 22.3 Å². The third-order valence-corrected chi connectivity index (χ3v) is 4.73. The summed E-state index contributed by atoms with van der Waals surface area (Å²) in [5, 5.41) is 0.901. The van der Waals surface area contributed by atoms with E-state index in [1.54, 1.807) is 0 Å². The molecule has 110 valence electrons. The SMILES string of the molecule is Cc1nc(-c2ccccc2)sc1C(=O)N1CCO[C@H](C)C1. The number of nitrogens with zero attached hydrogens (tertiary/aromatic N) is 2. The number of carbonyl (C=O) groups excluding carboxylic acids is 1. The highest BCUT2D eigenvalue weighted by atomic mass is 32.1. The summed E-state index contributed by atoms with van der Waals surface area (Å²) in [6.45, 7) is 5.81. The zero-order valence-electron chi connectivity index (χ0n) is 12.2.